The zero-order valence-electron chi connectivity index (χ0n) is 24.4. The first-order valence-corrected chi connectivity index (χ1v) is 14.5. The molecule has 0 bridgehead atoms. The summed E-state index contributed by atoms with van der Waals surface area (Å²) in [4.78, 5) is 41.8. The maximum atomic E-state index is 13.9. The van der Waals surface area contributed by atoms with Crippen molar-refractivity contribution in [1.82, 2.24) is 20.5 Å². The Morgan fingerprint density at radius 1 is 0.860 bits per heavy atom. The van der Waals surface area contributed by atoms with Gasteiger partial charge >= 0.3 is 6.03 Å². The van der Waals surface area contributed by atoms with Gasteiger partial charge in [-0.25, -0.2) is 9.80 Å². The lowest BCUT2D eigenvalue weighted by Crippen LogP contribution is -2.55. The topological polar surface area (TPSA) is 120 Å². The molecule has 3 aromatic rings. The molecule has 0 unspecified atom stereocenters. The molecule has 222 valence electrons. The van der Waals surface area contributed by atoms with E-state index >= 15 is 0 Å². The van der Waals surface area contributed by atoms with Gasteiger partial charge < -0.3 is 16.4 Å². The van der Waals surface area contributed by atoms with E-state index in [9.17, 15) is 14.4 Å². The molecule has 4 amide bonds. The van der Waals surface area contributed by atoms with E-state index < -0.39 is 29.9 Å². The van der Waals surface area contributed by atoms with Crippen LogP contribution in [-0.4, -0.2) is 72.2 Å². The highest BCUT2D eigenvalue weighted by Gasteiger charge is 2.28. The summed E-state index contributed by atoms with van der Waals surface area (Å²) in [6, 6.07) is 26.1. The molecule has 9 heteroatoms. The van der Waals surface area contributed by atoms with Gasteiger partial charge in [-0.2, -0.15) is 5.10 Å². The molecular weight excluding hydrogens is 540 g/mol. The van der Waals surface area contributed by atoms with Crippen molar-refractivity contribution in [3.05, 3.63) is 108 Å². The zero-order valence-corrected chi connectivity index (χ0v) is 24.4. The van der Waals surface area contributed by atoms with Crippen LogP contribution >= 0.6 is 0 Å². The van der Waals surface area contributed by atoms with Crippen molar-refractivity contribution in [2.45, 2.75) is 37.8 Å². The molecule has 0 aromatic heterocycles. The Morgan fingerprint density at radius 3 is 2.05 bits per heavy atom. The van der Waals surface area contributed by atoms with Gasteiger partial charge in [0.05, 0.1) is 12.3 Å². The minimum Gasteiger partial charge on any atom is -0.368 e. The van der Waals surface area contributed by atoms with Crippen molar-refractivity contribution in [2.24, 2.45) is 10.8 Å². The number of carbonyl (C=O) groups is 3. The fourth-order valence-corrected chi connectivity index (χ4v) is 4.72. The number of primary amides is 1. The van der Waals surface area contributed by atoms with Gasteiger partial charge in [0.15, 0.2) is 0 Å². The van der Waals surface area contributed by atoms with Crippen LogP contribution in [0.5, 0.6) is 0 Å². The van der Waals surface area contributed by atoms with Crippen molar-refractivity contribution in [3.63, 3.8) is 0 Å². The lowest BCUT2D eigenvalue weighted by molar-refractivity contribution is -0.128. The van der Waals surface area contributed by atoms with Crippen molar-refractivity contribution >= 4 is 23.6 Å². The molecule has 0 fully saturated rings. The summed E-state index contributed by atoms with van der Waals surface area (Å²) in [6.07, 6.45) is 2.13. The van der Waals surface area contributed by atoms with E-state index in [-0.39, 0.29) is 13.0 Å². The number of hydrogen-bond donors (Lipinski definition) is 3. The van der Waals surface area contributed by atoms with E-state index in [1.54, 1.807) is 0 Å². The van der Waals surface area contributed by atoms with E-state index in [2.05, 4.69) is 27.4 Å². The Kier molecular flexibility index (Phi) is 11.5. The molecule has 1 aliphatic heterocycles. The average molecular weight is 579 g/mol. The first-order valence-electron chi connectivity index (χ1n) is 14.5. The minimum atomic E-state index is -0.988. The molecule has 4 N–H and O–H groups in total. The highest BCUT2D eigenvalue weighted by atomic mass is 16.2. The summed E-state index contributed by atoms with van der Waals surface area (Å²) in [7, 11) is 1.96. The normalized spacial score (nSPS) is 18.9. The van der Waals surface area contributed by atoms with E-state index in [0.717, 1.165) is 29.7 Å². The van der Waals surface area contributed by atoms with Gasteiger partial charge in [0.25, 0.3) is 0 Å². The molecule has 43 heavy (non-hydrogen) atoms. The number of benzene rings is 3. The van der Waals surface area contributed by atoms with Gasteiger partial charge in [0, 0.05) is 17.5 Å². The number of nitrogens with zero attached hydrogens (tertiary/aromatic N) is 3. The highest BCUT2D eigenvalue weighted by Crippen LogP contribution is 2.13. The highest BCUT2D eigenvalue weighted by molar-refractivity contribution is 6.13. The van der Waals surface area contributed by atoms with Crippen LogP contribution in [0.4, 0.5) is 4.79 Å². The van der Waals surface area contributed by atoms with Crippen LogP contribution in [-0.2, 0) is 16.0 Å². The summed E-state index contributed by atoms with van der Waals surface area (Å²) in [6.45, 7) is 1.28. The smallest absolute Gasteiger partial charge is 0.339 e. The molecule has 4 rings (SSSR count). The van der Waals surface area contributed by atoms with Crippen LogP contribution in [0.1, 0.15) is 36.0 Å². The Morgan fingerprint density at radius 2 is 1.44 bits per heavy atom. The van der Waals surface area contributed by atoms with Crippen LogP contribution in [0.15, 0.2) is 96.1 Å². The molecule has 2 atom stereocenters. The quantitative estimate of drug-likeness (QED) is 0.308. The molecule has 1 heterocycles. The molecule has 0 aliphatic carbocycles. The zero-order chi connectivity index (χ0) is 30.4. The SMILES string of the molecule is CN1CC#CCN(N=C(c2ccccc2)c2ccccc2)C(=O)N[C@H](Cc2ccccc2)C(=O)N[C@H](C(N)=O)CCCC1. The fraction of sp³-hybridized carbons (Fsp3) is 0.294. The minimum absolute atomic E-state index is 0.00638. The van der Waals surface area contributed by atoms with E-state index in [1.165, 1.54) is 5.01 Å². The lowest BCUT2D eigenvalue weighted by Gasteiger charge is -2.25. The number of hydrogen-bond acceptors (Lipinski definition) is 5. The maximum Gasteiger partial charge on any atom is 0.339 e. The van der Waals surface area contributed by atoms with E-state index in [0.29, 0.717) is 25.1 Å². The number of hydrazone groups is 1. The Bertz CT molecular complexity index is 1410. The van der Waals surface area contributed by atoms with Crippen molar-refractivity contribution in [2.75, 3.05) is 26.7 Å². The van der Waals surface area contributed by atoms with Crippen molar-refractivity contribution in [1.29, 1.82) is 0 Å². The summed E-state index contributed by atoms with van der Waals surface area (Å²) in [5, 5.41) is 11.7. The van der Waals surface area contributed by atoms with Crippen molar-refractivity contribution < 1.29 is 14.4 Å². The predicted octanol–water partition coefficient (Wildman–Crippen LogP) is 3.15. The fourth-order valence-electron chi connectivity index (χ4n) is 4.72. The van der Waals surface area contributed by atoms with Crippen LogP contribution in [0.2, 0.25) is 0 Å². The second-order valence-corrected chi connectivity index (χ2v) is 10.5. The predicted molar refractivity (Wildman–Crippen MR) is 168 cm³/mol. The van der Waals surface area contributed by atoms with Crippen LogP contribution in [0.25, 0.3) is 0 Å². The second kappa shape index (κ2) is 15.9. The Labute approximate surface area is 253 Å². The van der Waals surface area contributed by atoms with E-state index in [1.807, 2.05) is 98.0 Å². The number of nitrogens with two attached hydrogens (primary N) is 1. The lowest BCUT2D eigenvalue weighted by atomic mass is 10.0. The number of nitrogens with one attached hydrogen (secondary N) is 2. The second-order valence-electron chi connectivity index (χ2n) is 10.5. The summed E-state index contributed by atoms with van der Waals surface area (Å²) >= 11 is 0. The number of carbonyl (C=O) groups excluding carboxylic acids is 3. The maximum absolute atomic E-state index is 13.9. The first kappa shape index (κ1) is 31.0. The third-order valence-corrected chi connectivity index (χ3v) is 7.09. The van der Waals surface area contributed by atoms with Crippen LogP contribution in [0, 0.1) is 11.8 Å². The third-order valence-electron chi connectivity index (χ3n) is 7.09. The Balaban J connectivity index is 1.73. The Hall–Kier alpha value is -4.94. The first-order chi connectivity index (χ1) is 20.9. The number of rotatable bonds is 6. The molecular formula is C34H38N6O3. The van der Waals surface area contributed by atoms with Gasteiger partial charge in [0.2, 0.25) is 11.8 Å². The summed E-state index contributed by atoms with van der Waals surface area (Å²) < 4.78 is 0. The molecule has 3 aromatic carbocycles. The summed E-state index contributed by atoms with van der Waals surface area (Å²) in [5.74, 6) is 5.12. The largest absolute Gasteiger partial charge is 0.368 e. The number of urea groups is 1. The number of amides is 4. The van der Waals surface area contributed by atoms with Crippen LogP contribution < -0.4 is 16.4 Å². The average Bonchev–Trinajstić information content (AvgIpc) is 3.02. The molecule has 9 nitrogen and oxygen atoms in total. The molecule has 0 saturated heterocycles. The van der Waals surface area contributed by atoms with Gasteiger partial charge in [0.1, 0.15) is 18.6 Å². The van der Waals surface area contributed by atoms with Crippen molar-refractivity contribution in [3.8, 4) is 11.8 Å². The summed E-state index contributed by atoms with van der Waals surface area (Å²) in [5.41, 5.74) is 8.74. The van der Waals surface area contributed by atoms with Gasteiger partial charge in [-0.3, -0.25) is 14.5 Å². The third kappa shape index (κ3) is 9.55. The van der Waals surface area contributed by atoms with Gasteiger partial charge in [-0.15, -0.1) is 0 Å². The van der Waals surface area contributed by atoms with Gasteiger partial charge in [-0.05, 0) is 38.4 Å². The molecule has 0 saturated carbocycles. The van der Waals surface area contributed by atoms with Gasteiger partial charge in [-0.1, -0.05) is 103 Å². The standard InChI is InChI=1S/C34H38N6O3/c1-39-22-12-11-21-29(32(35)41)36-33(42)30(25-26-15-5-2-6-16-26)37-34(43)40(24-14-13-23-39)38-31(27-17-7-3-8-18-27)28-19-9-4-10-20-28/h2-10,15-20,29-30H,11-12,21-25H2,1H3,(H2,35,41)(H,36,42)(H,37,43)/t29-,30+/m0/s1. The monoisotopic (exact) mass is 578 g/mol. The molecule has 1 aliphatic rings. The molecule has 0 spiro atoms. The van der Waals surface area contributed by atoms with E-state index in [4.69, 9.17) is 10.8 Å². The van der Waals surface area contributed by atoms with Crippen LogP contribution in [0.3, 0.4) is 0 Å². The molecule has 0 radical (unpaired) electrons.